The third-order valence-corrected chi connectivity index (χ3v) is 3.89. The largest absolute Gasteiger partial charge is 0.312 e. The van der Waals surface area contributed by atoms with Gasteiger partial charge in [0.2, 0.25) is 0 Å². The Kier molecular flexibility index (Phi) is 5.93. The summed E-state index contributed by atoms with van der Waals surface area (Å²) in [7, 11) is 2.05. The molecule has 0 radical (unpaired) electrons. The van der Waals surface area contributed by atoms with E-state index in [0.717, 1.165) is 5.75 Å². The van der Waals surface area contributed by atoms with Crippen molar-refractivity contribution in [2.45, 2.75) is 33.2 Å². The monoisotopic (exact) mass is 237 g/mol. The van der Waals surface area contributed by atoms with Crippen LogP contribution in [0.5, 0.6) is 0 Å². The molecule has 0 aromatic heterocycles. The number of thioether (sulfide) groups is 1. The number of benzene rings is 1. The number of hydrogen-bond donors (Lipinski definition) is 1. The van der Waals surface area contributed by atoms with Crippen LogP contribution in [-0.4, -0.2) is 18.6 Å². The van der Waals surface area contributed by atoms with Gasteiger partial charge < -0.3 is 5.32 Å². The van der Waals surface area contributed by atoms with Gasteiger partial charge in [0.05, 0.1) is 0 Å². The summed E-state index contributed by atoms with van der Waals surface area (Å²) in [6.45, 7) is 6.57. The van der Waals surface area contributed by atoms with E-state index < -0.39 is 0 Å². The Morgan fingerprint density at radius 2 is 1.81 bits per heavy atom. The summed E-state index contributed by atoms with van der Waals surface area (Å²) in [5.41, 5.74) is 4.13. The normalized spacial score (nSPS) is 12.8. The van der Waals surface area contributed by atoms with Crippen LogP contribution in [0.1, 0.15) is 36.1 Å². The molecule has 0 saturated carbocycles. The van der Waals surface area contributed by atoms with E-state index in [2.05, 4.69) is 51.3 Å². The molecule has 0 aliphatic heterocycles. The highest BCUT2D eigenvalue weighted by Gasteiger charge is 2.09. The zero-order chi connectivity index (χ0) is 12.0. The fourth-order valence-corrected chi connectivity index (χ4v) is 2.95. The second-order valence-corrected chi connectivity index (χ2v) is 5.49. The fourth-order valence-electron chi connectivity index (χ4n) is 1.90. The summed E-state index contributed by atoms with van der Waals surface area (Å²) in [5.74, 6) is 2.41. The third kappa shape index (κ3) is 4.18. The molecule has 1 unspecified atom stereocenters. The lowest BCUT2D eigenvalue weighted by Gasteiger charge is -2.17. The van der Waals surface area contributed by atoms with Gasteiger partial charge in [-0.15, -0.1) is 0 Å². The molecule has 1 aromatic carbocycles. The lowest BCUT2D eigenvalue weighted by atomic mass is 10.0. The zero-order valence-corrected chi connectivity index (χ0v) is 11.7. The van der Waals surface area contributed by atoms with Crippen molar-refractivity contribution in [3.63, 3.8) is 0 Å². The van der Waals surface area contributed by atoms with E-state index in [1.165, 1.54) is 28.9 Å². The van der Waals surface area contributed by atoms with E-state index in [0.29, 0.717) is 6.04 Å². The standard InChI is InChI=1S/C14H23NS/c1-5-6-16-10-14(15-4)13-8-11(2)7-12(3)9-13/h7-9,14-15H,5-6,10H2,1-4H3. The van der Waals surface area contributed by atoms with Gasteiger partial charge in [-0.1, -0.05) is 36.2 Å². The first-order valence-electron chi connectivity index (χ1n) is 6.00. The number of nitrogens with one attached hydrogen (secondary N) is 1. The zero-order valence-electron chi connectivity index (χ0n) is 10.8. The van der Waals surface area contributed by atoms with Gasteiger partial charge in [0.1, 0.15) is 0 Å². The molecule has 0 aliphatic rings. The van der Waals surface area contributed by atoms with E-state index in [1.807, 2.05) is 11.8 Å². The first-order chi connectivity index (χ1) is 7.67. The molecule has 1 N–H and O–H groups in total. The maximum Gasteiger partial charge on any atom is 0.0409 e. The molecule has 1 aromatic rings. The lowest BCUT2D eigenvalue weighted by molar-refractivity contribution is 0.660. The van der Waals surface area contributed by atoms with Gasteiger partial charge in [-0.3, -0.25) is 0 Å². The number of hydrogen-bond acceptors (Lipinski definition) is 2. The summed E-state index contributed by atoms with van der Waals surface area (Å²) < 4.78 is 0. The minimum Gasteiger partial charge on any atom is -0.312 e. The smallest absolute Gasteiger partial charge is 0.0409 e. The summed E-state index contributed by atoms with van der Waals surface area (Å²) in [6.07, 6.45) is 1.26. The molecule has 0 amide bonds. The molecule has 1 atom stereocenters. The van der Waals surface area contributed by atoms with E-state index in [1.54, 1.807) is 0 Å². The van der Waals surface area contributed by atoms with E-state index in [-0.39, 0.29) is 0 Å². The predicted molar refractivity (Wildman–Crippen MR) is 75.3 cm³/mol. The Balaban J connectivity index is 2.70. The van der Waals surface area contributed by atoms with Crippen molar-refractivity contribution in [2.24, 2.45) is 0 Å². The van der Waals surface area contributed by atoms with Crippen molar-refractivity contribution in [3.05, 3.63) is 34.9 Å². The van der Waals surface area contributed by atoms with Gasteiger partial charge in [-0.05, 0) is 38.6 Å². The Bertz CT molecular complexity index is 302. The highest BCUT2D eigenvalue weighted by molar-refractivity contribution is 7.99. The fraction of sp³-hybridized carbons (Fsp3) is 0.571. The summed E-state index contributed by atoms with van der Waals surface area (Å²) in [4.78, 5) is 0. The molecule has 1 nitrogen and oxygen atoms in total. The van der Waals surface area contributed by atoms with Gasteiger partial charge >= 0.3 is 0 Å². The molecule has 90 valence electrons. The molecule has 2 heteroatoms. The first-order valence-corrected chi connectivity index (χ1v) is 7.16. The molecular weight excluding hydrogens is 214 g/mol. The van der Waals surface area contributed by atoms with Gasteiger partial charge in [0, 0.05) is 11.8 Å². The molecule has 1 rings (SSSR count). The van der Waals surface area contributed by atoms with Crippen LogP contribution in [0.4, 0.5) is 0 Å². The third-order valence-electron chi connectivity index (χ3n) is 2.63. The van der Waals surface area contributed by atoms with Crippen LogP contribution in [0.15, 0.2) is 18.2 Å². The average molecular weight is 237 g/mol. The van der Waals surface area contributed by atoms with E-state index in [9.17, 15) is 0 Å². The van der Waals surface area contributed by atoms with Gasteiger partial charge in [-0.25, -0.2) is 0 Å². The van der Waals surface area contributed by atoms with Gasteiger partial charge in [0.25, 0.3) is 0 Å². The van der Waals surface area contributed by atoms with Crippen LogP contribution in [0, 0.1) is 13.8 Å². The van der Waals surface area contributed by atoms with Crippen molar-refractivity contribution in [3.8, 4) is 0 Å². The molecule has 0 aliphatic carbocycles. The van der Waals surface area contributed by atoms with Crippen LogP contribution in [-0.2, 0) is 0 Å². The van der Waals surface area contributed by atoms with E-state index in [4.69, 9.17) is 0 Å². The predicted octanol–water partition coefficient (Wildman–Crippen LogP) is 3.71. The quantitative estimate of drug-likeness (QED) is 0.757. The van der Waals surface area contributed by atoms with Crippen molar-refractivity contribution >= 4 is 11.8 Å². The second kappa shape index (κ2) is 6.97. The van der Waals surface area contributed by atoms with Gasteiger partial charge in [0.15, 0.2) is 0 Å². The molecule has 0 heterocycles. The van der Waals surface area contributed by atoms with E-state index >= 15 is 0 Å². The minimum atomic E-state index is 0.482. The van der Waals surface area contributed by atoms with Crippen molar-refractivity contribution in [1.82, 2.24) is 5.32 Å². The highest BCUT2D eigenvalue weighted by atomic mass is 32.2. The van der Waals surface area contributed by atoms with Crippen LogP contribution in [0.25, 0.3) is 0 Å². The van der Waals surface area contributed by atoms with Crippen LogP contribution in [0.3, 0.4) is 0 Å². The van der Waals surface area contributed by atoms with Crippen LogP contribution < -0.4 is 5.32 Å². The number of rotatable bonds is 6. The van der Waals surface area contributed by atoms with Crippen molar-refractivity contribution in [2.75, 3.05) is 18.6 Å². The SMILES string of the molecule is CCCSCC(NC)c1cc(C)cc(C)c1. The van der Waals surface area contributed by atoms with Crippen molar-refractivity contribution in [1.29, 1.82) is 0 Å². The van der Waals surface area contributed by atoms with Gasteiger partial charge in [-0.2, -0.15) is 11.8 Å². The van der Waals surface area contributed by atoms with Crippen molar-refractivity contribution < 1.29 is 0 Å². The lowest BCUT2D eigenvalue weighted by Crippen LogP contribution is -2.19. The molecule has 16 heavy (non-hydrogen) atoms. The van der Waals surface area contributed by atoms with Crippen LogP contribution in [0.2, 0.25) is 0 Å². The maximum atomic E-state index is 3.41. The first kappa shape index (κ1) is 13.6. The maximum absolute atomic E-state index is 3.41. The Morgan fingerprint density at radius 1 is 1.19 bits per heavy atom. The molecule has 0 spiro atoms. The Hall–Kier alpha value is -0.470. The molecule has 0 saturated heterocycles. The molecule has 0 fully saturated rings. The minimum absolute atomic E-state index is 0.482. The Morgan fingerprint density at radius 3 is 2.31 bits per heavy atom. The molecular formula is C14H23NS. The van der Waals surface area contributed by atoms with Crippen LogP contribution >= 0.6 is 11.8 Å². The topological polar surface area (TPSA) is 12.0 Å². The molecule has 0 bridgehead atoms. The second-order valence-electron chi connectivity index (χ2n) is 4.34. The highest BCUT2D eigenvalue weighted by Crippen LogP contribution is 2.21. The Labute approximate surface area is 104 Å². The summed E-state index contributed by atoms with van der Waals surface area (Å²) >= 11 is 2.03. The average Bonchev–Trinajstić information content (AvgIpc) is 2.23. The number of aryl methyl sites for hydroxylation is 2. The summed E-state index contributed by atoms with van der Waals surface area (Å²) in [6, 6.07) is 7.30. The summed E-state index contributed by atoms with van der Waals surface area (Å²) in [5, 5.41) is 3.41.